The van der Waals surface area contributed by atoms with Gasteiger partial charge in [0.2, 0.25) is 11.2 Å². The van der Waals surface area contributed by atoms with Crippen LogP contribution in [0.2, 0.25) is 0 Å². The first-order valence-electron chi connectivity index (χ1n) is 6.04. The number of benzene rings is 2. The molecule has 0 fully saturated rings. The van der Waals surface area contributed by atoms with Crippen molar-refractivity contribution in [3.05, 3.63) is 53.4 Å². The van der Waals surface area contributed by atoms with Crippen LogP contribution in [0.5, 0.6) is 0 Å². The van der Waals surface area contributed by atoms with Gasteiger partial charge in [0.05, 0.1) is 16.3 Å². The minimum Gasteiger partial charge on any atom is -0.204 e. The Hall–Kier alpha value is -1.93. The summed E-state index contributed by atoms with van der Waals surface area (Å²) in [5.74, 6) is 0. The van der Waals surface area contributed by atoms with Gasteiger partial charge in [-0.2, -0.15) is 0 Å². The van der Waals surface area contributed by atoms with Crippen molar-refractivity contribution in [3.63, 3.8) is 0 Å². The van der Waals surface area contributed by atoms with Crippen LogP contribution in [0.1, 0.15) is 5.56 Å². The minimum absolute atomic E-state index is 1.22. The van der Waals surface area contributed by atoms with Crippen molar-refractivity contribution in [2.45, 2.75) is 6.92 Å². The molecule has 0 unspecified atom stereocenters. The largest absolute Gasteiger partial charge is 0.221 e. The minimum atomic E-state index is 1.22. The summed E-state index contributed by atoms with van der Waals surface area (Å²) in [6, 6.07) is 15.2. The van der Waals surface area contributed by atoms with E-state index in [9.17, 15) is 0 Å². The van der Waals surface area contributed by atoms with Crippen LogP contribution in [0.4, 0.5) is 0 Å². The molecule has 2 aromatic carbocycles. The molecule has 2 aliphatic rings. The molecule has 2 aromatic rings. The number of hydrogen-bond donors (Lipinski definition) is 0. The normalized spacial score (nSPS) is 11.6. The van der Waals surface area contributed by atoms with Crippen LogP contribution in [0.15, 0.2) is 47.8 Å². The maximum atomic E-state index is 3.55. The number of nitrogens with one attached hydrogen (secondary N) is 1. The van der Waals surface area contributed by atoms with E-state index < -0.39 is 0 Å². The third-order valence-corrected chi connectivity index (χ3v) is 4.40. The van der Waals surface area contributed by atoms with Gasteiger partial charge in [-0.05, 0) is 30.7 Å². The number of rotatable bonds is 0. The maximum absolute atomic E-state index is 3.55. The first kappa shape index (κ1) is 10.0. The summed E-state index contributed by atoms with van der Waals surface area (Å²) in [5.41, 5.74) is 5.11. The number of aromatic amines is 1. The summed E-state index contributed by atoms with van der Waals surface area (Å²) in [6.45, 7) is 2.14. The third kappa shape index (κ3) is 1.30. The second-order valence-corrected chi connectivity index (χ2v) is 5.61. The summed E-state index contributed by atoms with van der Waals surface area (Å²) in [7, 11) is 0. The van der Waals surface area contributed by atoms with Gasteiger partial charge >= 0.3 is 0 Å². The van der Waals surface area contributed by atoms with Gasteiger partial charge in [-0.1, -0.05) is 18.2 Å². The molecule has 2 heteroatoms. The summed E-state index contributed by atoms with van der Waals surface area (Å²) in [4.78, 5) is 3.55. The van der Waals surface area contributed by atoms with Crippen LogP contribution in [0.25, 0.3) is 32.2 Å². The topological polar surface area (TPSA) is 14.1 Å². The van der Waals surface area contributed by atoms with Crippen molar-refractivity contribution in [2.24, 2.45) is 0 Å². The zero-order valence-electron chi connectivity index (χ0n) is 10.0. The highest BCUT2D eigenvalue weighted by Crippen LogP contribution is 2.36. The van der Waals surface area contributed by atoms with E-state index in [1.165, 1.54) is 37.8 Å². The van der Waals surface area contributed by atoms with E-state index in [0.29, 0.717) is 0 Å². The van der Waals surface area contributed by atoms with Crippen molar-refractivity contribution >= 4 is 32.3 Å². The van der Waals surface area contributed by atoms with Gasteiger partial charge in [-0.3, -0.25) is 0 Å². The standard InChI is InChI=1S/C16H11NS/c1-10-6-7-12-15(8-10)18-9-13-11-4-2-3-5-14(11)17-16(12)13/h2-9H,1H3/p+1. The second-order valence-electron chi connectivity index (χ2n) is 4.69. The fourth-order valence-corrected chi connectivity index (χ4v) is 3.60. The monoisotopic (exact) mass is 250 g/mol. The summed E-state index contributed by atoms with van der Waals surface area (Å²) in [6.07, 6.45) is 0. The Morgan fingerprint density at radius 2 is 1.89 bits per heavy atom. The molecule has 0 aliphatic carbocycles. The molecule has 0 amide bonds. The van der Waals surface area contributed by atoms with E-state index in [-0.39, 0.29) is 0 Å². The highest BCUT2D eigenvalue weighted by atomic mass is 32.1. The first-order valence-corrected chi connectivity index (χ1v) is 6.92. The molecule has 0 radical (unpaired) electrons. The van der Waals surface area contributed by atoms with E-state index in [1.54, 1.807) is 0 Å². The lowest BCUT2D eigenvalue weighted by Crippen LogP contribution is -2.00. The number of aromatic nitrogens is 1. The van der Waals surface area contributed by atoms with Crippen molar-refractivity contribution in [2.75, 3.05) is 0 Å². The van der Waals surface area contributed by atoms with Crippen LogP contribution in [0, 0.1) is 6.92 Å². The van der Waals surface area contributed by atoms with Crippen LogP contribution in [-0.4, -0.2) is 0 Å². The molecule has 0 saturated carbocycles. The van der Waals surface area contributed by atoms with Crippen LogP contribution in [-0.2, 0) is 0 Å². The van der Waals surface area contributed by atoms with Gasteiger partial charge in [0.1, 0.15) is 0 Å². The molecule has 2 aliphatic heterocycles. The van der Waals surface area contributed by atoms with Crippen molar-refractivity contribution in [1.82, 2.24) is 0 Å². The van der Waals surface area contributed by atoms with E-state index in [1.807, 2.05) is 11.3 Å². The number of aryl methyl sites for hydroxylation is 1. The molecule has 1 nitrogen and oxygen atoms in total. The number of H-pyrrole nitrogens is 1. The molecule has 0 atom stereocenters. The smallest absolute Gasteiger partial charge is 0.204 e. The molecule has 86 valence electrons. The number of hydrogen-bond acceptors (Lipinski definition) is 1. The molecule has 0 saturated heterocycles. The molecule has 4 rings (SSSR count). The quantitative estimate of drug-likeness (QED) is 0.442. The molecule has 0 bridgehead atoms. The van der Waals surface area contributed by atoms with Crippen LogP contribution >= 0.6 is 11.3 Å². The average molecular weight is 250 g/mol. The molecular formula is C16H12NS+. The maximum Gasteiger partial charge on any atom is 0.221 e. The van der Waals surface area contributed by atoms with Gasteiger partial charge in [0.25, 0.3) is 0 Å². The fraction of sp³-hybridized carbons (Fsp3) is 0.0625. The van der Waals surface area contributed by atoms with E-state index in [2.05, 4.69) is 59.8 Å². The van der Waals surface area contributed by atoms with Crippen molar-refractivity contribution < 1.29 is 4.98 Å². The van der Waals surface area contributed by atoms with Gasteiger partial charge in [0.15, 0.2) is 0 Å². The average Bonchev–Trinajstić information content (AvgIpc) is 2.77. The third-order valence-electron chi connectivity index (χ3n) is 3.46. The van der Waals surface area contributed by atoms with Crippen LogP contribution in [0.3, 0.4) is 0 Å². The van der Waals surface area contributed by atoms with E-state index in [4.69, 9.17) is 0 Å². The highest BCUT2D eigenvalue weighted by Gasteiger charge is 2.20. The number of para-hydroxylation sites is 1. The lowest BCUT2D eigenvalue weighted by Gasteiger charge is -2.00. The lowest BCUT2D eigenvalue weighted by atomic mass is 10.1. The Morgan fingerprint density at radius 3 is 2.83 bits per heavy atom. The fourth-order valence-electron chi connectivity index (χ4n) is 2.55. The lowest BCUT2D eigenvalue weighted by molar-refractivity contribution is -0.325. The zero-order chi connectivity index (χ0) is 12.1. The van der Waals surface area contributed by atoms with Gasteiger partial charge in [0, 0.05) is 16.1 Å². The molecule has 0 aromatic heterocycles. The Morgan fingerprint density at radius 1 is 1.00 bits per heavy atom. The molecule has 2 heterocycles. The Balaban J connectivity index is 2.23. The summed E-state index contributed by atoms with van der Waals surface area (Å²) < 4.78 is 1.34. The van der Waals surface area contributed by atoms with Gasteiger partial charge in [-0.25, -0.2) is 4.98 Å². The molecule has 18 heavy (non-hydrogen) atoms. The van der Waals surface area contributed by atoms with Crippen molar-refractivity contribution in [1.29, 1.82) is 0 Å². The summed E-state index contributed by atoms with van der Waals surface area (Å²) >= 11 is 1.82. The molecule has 1 N–H and O–H groups in total. The molecule has 0 spiro atoms. The van der Waals surface area contributed by atoms with Crippen molar-refractivity contribution in [3.8, 4) is 11.3 Å². The van der Waals surface area contributed by atoms with E-state index >= 15 is 0 Å². The Kier molecular flexibility index (Phi) is 1.97. The zero-order valence-corrected chi connectivity index (χ0v) is 10.8. The highest BCUT2D eigenvalue weighted by molar-refractivity contribution is 7.17. The van der Waals surface area contributed by atoms with Gasteiger partial charge in [-0.15, -0.1) is 11.3 Å². The van der Waals surface area contributed by atoms with Crippen LogP contribution < -0.4 is 4.98 Å². The van der Waals surface area contributed by atoms with Gasteiger partial charge < -0.3 is 0 Å². The predicted octanol–water partition coefficient (Wildman–Crippen LogP) is 4.28. The second kappa shape index (κ2) is 3.53. The Labute approximate surface area is 109 Å². The SMILES string of the molecule is Cc1ccc2c3[nH+]c4ccccc4c-3csc2c1. The Bertz CT molecular complexity index is 844. The first-order chi connectivity index (χ1) is 8.83. The summed E-state index contributed by atoms with van der Waals surface area (Å²) in [5, 5.41) is 4.89. The predicted molar refractivity (Wildman–Crippen MR) is 77.2 cm³/mol. The molecular weight excluding hydrogens is 238 g/mol. The van der Waals surface area contributed by atoms with E-state index in [0.717, 1.165) is 0 Å². The number of fused-ring (bicyclic) bond motifs is 5.